The van der Waals surface area contributed by atoms with Gasteiger partial charge in [0.15, 0.2) is 0 Å². The molecular formula is C19H19BrN2O2S3. The summed E-state index contributed by atoms with van der Waals surface area (Å²) in [4.78, 5) is 0.563. The van der Waals surface area contributed by atoms with Gasteiger partial charge in [-0.15, -0.1) is 27.1 Å². The zero-order valence-electron chi connectivity index (χ0n) is 14.5. The Morgan fingerprint density at radius 2 is 1.78 bits per heavy atom. The molecule has 0 amide bonds. The SMILES string of the molecule is O=S(=O)(N=c1scc(-c2ccc(Br)cc2)n1C1CCCCC1)c1cccs1. The highest BCUT2D eigenvalue weighted by molar-refractivity contribution is 9.10. The van der Waals surface area contributed by atoms with E-state index in [1.54, 1.807) is 17.5 Å². The number of aromatic nitrogens is 1. The molecule has 0 aliphatic heterocycles. The number of thiazole rings is 1. The Balaban J connectivity index is 1.87. The Morgan fingerprint density at radius 3 is 2.44 bits per heavy atom. The Hall–Kier alpha value is -1.22. The number of hydrogen-bond acceptors (Lipinski definition) is 4. The average Bonchev–Trinajstić information content (AvgIpc) is 3.33. The fourth-order valence-electron chi connectivity index (χ4n) is 3.47. The smallest absolute Gasteiger partial charge is 0.294 e. The maximum atomic E-state index is 12.7. The van der Waals surface area contributed by atoms with Gasteiger partial charge in [0.2, 0.25) is 4.80 Å². The predicted octanol–water partition coefficient (Wildman–Crippen LogP) is 5.84. The lowest BCUT2D eigenvalue weighted by atomic mass is 9.95. The molecule has 0 N–H and O–H groups in total. The summed E-state index contributed by atoms with van der Waals surface area (Å²) in [6.07, 6.45) is 5.71. The molecule has 0 saturated heterocycles. The largest absolute Gasteiger partial charge is 0.313 e. The maximum absolute atomic E-state index is 12.7. The molecule has 2 heterocycles. The second kappa shape index (κ2) is 8.03. The van der Waals surface area contributed by atoms with Crippen molar-refractivity contribution in [3.63, 3.8) is 0 Å². The quantitative estimate of drug-likeness (QED) is 0.469. The molecule has 0 unspecified atom stereocenters. The second-order valence-corrected chi connectivity index (χ2v) is 11.1. The van der Waals surface area contributed by atoms with Crippen molar-refractivity contribution < 1.29 is 8.42 Å². The summed E-state index contributed by atoms with van der Waals surface area (Å²) in [7, 11) is -3.68. The van der Waals surface area contributed by atoms with E-state index in [2.05, 4.69) is 37.0 Å². The summed E-state index contributed by atoms with van der Waals surface area (Å²) >= 11 is 6.09. The number of hydrogen-bond donors (Lipinski definition) is 0. The lowest BCUT2D eigenvalue weighted by molar-refractivity contribution is 0.351. The molecule has 4 rings (SSSR count). The zero-order valence-corrected chi connectivity index (χ0v) is 18.6. The highest BCUT2D eigenvalue weighted by Gasteiger charge is 2.22. The van der Waals surface area contributed by atoms with Crippen LogP contribution in [0.2, 0.25) is 0 Å². The van der Waals surface area contributed by atoms with Crippen molar-refractivity contribution in [1.82, 2.24) is 4.57 Å². The molecule has 3 aromatic rings. The van der Waals surface area contributed by atoms with E-state index in [0.29, 0.717) is 10.8 Å². The molecule has 0 atom stereocenters. The van der Waals surface area contributed by atoms with Crippen molar-refractivity contribution in [2.75, 3.05) is 0 Å². The van der Waals surface area contributed by atoms with Gasteiger partial charge in [0.25, 0.3) is 10.0 Å². The first-order valence-corrected chi connectivity index (χ1v) is 12.8. The number of thiophene rings is 1. The van der Waals surface area contributed by atoms with Crippen molar-refractivity contribution in [1.29, 1.82) is 0 Å². The summed E-state index contributed by atoms with van der Waals surface area (Å²) in [5.41, 5.74) is 2.12. The normalized spacial score (nSPS) is 16.7. The van der Waals surface area contributed by atoms with Crippen LogP contribution in [0, 0.1) is 0 Å². The third-order valence-electron chi connectivity index (χ3n) is 4.77. The summed E-state index contributed by atoms with van der Waals surface area (Å²) in [5.74, 6) is 0. The molecule has 1 aliphatic carbocycles. The van der Waals surface area contributed by atoms with Crippen LogP contribution in [0.5, 0.6) is 0 Å². The lowest BCUT2D eigenvalue weighted by Crippen LogP contribution is -2.24. The number of benzene rings is 1. The molecule has 27 heavy (non-hydrogen) atoms. The second-order valence-electron chi connectivity index (χ2n) is 6.57. The van der Waals surface area contributed by atoms with Crippen molar-refractivity contribution in [2.45, 2.75) is 42.4 Å². The Labute approximate surface area is 175 Å². The van der Waals surface area contributed by atoms with Crippen LogP contribution in [0.3, 0.4) is 0 Å². The molecule has 2 aromatic heterocycles. The van der Waals surface area contributed by atoms with E-state index in [1.165, 1.54) is 41.9 Å². The van der Waals surface area contributed by atoms with Gasteiger partial charge in [-0.3, -0.25) is 0 Å². The van der Waals surface area contributed by atoms with Gasteiger partial charge in [-0.05, 0) is 42.0 Å². The fraction of sp³-hybridized carbons (Fsp3) is 0.316. The minimum Gasteiger partial charge on any atom is -0.313 e. The Bertz CT molecular complexity index is 1070. The first kappa shape index (κ1) is 19.1. The van der Waals surface area contributed by atoms with Gasteiger partial charge in [0.1, 0.15) is 4.21 Å². The van der Waals surface area contributed by atoms with Gasteiger partial charge in [0, 0.05) is 15.9 Å². The highest BCUT2D eigenvalue weighted by atomic mass is 79.9. The van der Waals surface area contributed by atoms with Gasteiger partial charge in [-0.2, -0.15) is 8.42 Å². The van der Waals surface area contributed by atoms with Gasteiger partial charge in [-0.1, -0.05) is 53.4 Å². The number of rotatable bonds is 4. The van der Waals surface area contributed by atoms with E-state index in [9.17, 15) is 8.42 Å². The molecule has 8 heteroatoms. The van der Waals surface area contributed by atoms with E-state index >= 15 is 0 Å². The molecular weight excluding hydrogens is 464 g/mol. The third-order valence-corrected chi connectivity index (χ3v) is 8.89. The van der Waals surface area contributed by atoms with Crippen LogP contribution in [-0.2, 0) is 10.0 Å². The van der Waals surface area contributed by atoms with Gasteiger partial charge >= 0.3 is 0 Å². The topological polar surface area (TPSA) is 51.4 Å². The molecule has 0 radical (unpaired) electrons. The average molecular weight is 483 g/mol. The summed E-state index contributed by atoms with van der Waals surface area (Å²) < 4.78 is 33.1. The van der Waals surface area contributed by atoms with E-state index in [-0.39, 0.29) is 4.21 Å². The highest BCUT2D eigenvalue weighted by Crippen LogP contribution is 2.33. The molecule has 1 aromatic carbocycles. The van der Waals surface area contributed by atoms with Crippen molar-refractivity contribution in [2.24, 2.45) is 4.40 Å². The minimum absolute atomic E-state index is 0.288. The van der Waals surface area contributed by atoms with E-state index in [0.717, 1.165) is 28.6 Å². The van der Waals surface area contributed by atoms with Crippen molar-refractivity contribution in [3.8, 4) is 11.3 Å². The number of halogens is 1. The molecule has 1 fully saturated rings. The molecule has 0 spiro atoms. The van der Waals surface area contributed by atoms with Crippen LogP contribution in [-0.4, -0.2) is 13.0 Å². The van der Waals surface area contributed by atoms with Crippen LogP contribution < -0.4 is 4.80 Å². The number of sulfonamides is 1. The fourth-order valence-corrected chi connectivity index (χ4v) is 6.87. The Morgan fingerprint density at radius 1 is 1.04 bits per heavy atom. The van der Waals surface area contributed by atoms with E-state index in [1.807, 2.05) is 17.5 Å². The van der Waals surface area contributed by atoms with Crippen LogP contribution in [0.15, 0.2) is 60.2 Å². The van der Waals surface area contributed by atoms with E-state index in [4.69, 9.17) is 0 Å². The standard InChI is InChI=1S/C19H19BrN2O2S3/c20-15-10-8-14(9-11-15)17-13-26-19(22(17)16-5-2-1-3-6-16)21-27(23,24)18-7-4-12-25-18/h4,7-13,16H,1-3,5-6H2. The summed E-state index contributed by atoms with van der Waals surface area (Å²) in [6, 6.07) is 11.8. The minimum atomic E-state index is -3.68. The van der Waals surface area contributed by atoms with Gasteiger partial charge < -0.3 is 4.57 Å². The summed E-state index contributed by atoms with van der Waals surface area (Å²) in [6.45, 7) is 0. The van der Waals surface area contributed by atoms with Crippen LogP contribution in [0.4, 0.5) is 0 Å². The Kier molecular flexibility index (Phi) is 5.68. The molecule has 142 valence electrons. The third kappa shape index (κ3) is 4.13. The lowest BCUT2D eigenvalue weighted by Gasteiger charge is -2.25. The molecule has 1 saturated carbocycles. The van der Waals surface area contributed by atoms with Gasteiger partial charge in [0.05, 0.1) is 5.69 Å². The van der Waals surface area contributed by atoms with Gasteiger partial charge in [-0.25, -0.2) is 0 Å². The van der Waals surface area contributed by atoms with E-state index < -0.39 is 10.0 Å². The van der Waals surface area contributed by atoms with Crippen LogP contribution in [0.25, 0.3) is 11.3 Å². The monoisotopic (exact) mass is 482 g/mol. The number of nitrogens with zero attached hydrogens (tertiary/aromatic N) is 2. The van der Waals surface area contributed by atoms with Crippen LogP contribution in [0.1, 0.15) is 38.1 Å². The first-order valence-electron chi connectivity index (χ1n) is 8.85. The van der Waals surface area contributed by atoms with Crippen LogP contribution >= 0.6 is 38.6 Å². The molecule has 0 bridgehead atoms. The van der Waals surface area contributed by atoms with Crippen molar-refractivity contribution in [3.05, 3.63) is 56.4 Å². The zero-order chi connectivity index (χ0) is 18.9. The summed E-state index contributed by atoms with van der Waals surface area (Å²) in [5, 5.41) is 3.79. The maximum Gasteiger partial charge on any atom is 0.294 e. The molecule has 1 aliphatic rings. The predicted molar refractivity (Wildman–Crippen MR) is 115 cm³/mol. The van der Waals surface area contributed by atoms with Crippen molar-refractivity contribution >= 4 is 48.6 Å². The first-order chi connectivity index (χ1) is 13.0. The molecule has 4 nitrogen and oxygen atoms in total.